The van der Waals surface area contributed by atoms with E-state index in [0.29, 0.717) is 5.92 Å². The highest BCUT2D eigenvalue weighted by molar-refractivity contribution is 5.92. The zero-order valence-electron chi connectivity index (χ0n) is 19.5. The van der Waals surface area contributed by atoms with Crippen LogP contribution in [0.3, 0.4) is 0 Å². The molecule has 2 fully saturated rings. The van der Waals surface area contributed by atoms with Crippen LogP contribution >= 0.6 is 0 Å². The smallest absolute Gasteiger partial charge is 0.338 e. The van der Waals surface area contributed by atoms with Gasteiger partial charge < -0.3 is 4.74 Å². The molecule has 1 aromatic rings. The van der Waals surface area contributed by atoms with Crippen molar-refractivity contribution in [1.29, 1.82) is 0 Å². The summed E-state index contributed by atoms with van der Waals surface area (Å²) in [6.07, 6.45) is 16.1. The molecule has 2 nitrogen and oxygen atoms in total. The van der Waals surface area contributed by atoms with Gasteiger partial charge in [0.05, 0.1) is 5.56 Å². The van der Waals surface area contributed by atoms with E-state index in [0.717, 1.165) is 42.1 Å². The van der Waals surface area contributed by atoms with Crippen LogP contribution in [0.1, 0.15) is 119 Å². The number of benzene rings is 1. The van der Waals surface area contributed by atoms with E-state index in [1.807, 2.05) is 0 Å². The Morgan fingerprint density at radius 3 is 2.27 bits per heavy atom. The second-order valence-electron chi connectivity index (χ2n) is 10.6. The zero-order chi connectivity index (χ0) is 21.1. The number of carbonyl (C=O) groups excluding carboxylic acids is 1. The van der Waals surface area contributed by atoms with Crippen molar-refractivity contribution in [3.8, 4) is 0 Å². The van der Waals surface area contributed by atoms with Crippen molar-refractivity contribution in [2.24, 2.45) is 23.7 Å². The number of cyclic esters (lactones) is 1. The first-order valence-corrected chi connectivity index (χ1v) is 12.9. The fourth-order valence-corrected chi connectivity index (χ4v) is 6.72. The van der Waals surface area contributed by atoms with E-state index in [1.165, 1.54) is 75.3 Å². The van der Waals surface area contributed by atoms with Crippen molar-refractivity contribution in [2.45, 2.75) is 110 Å². The predicted molar refractivity (Wildman–Crippen MR) is 124 cm³/mol. The summed E-state index contributed by atoms with van der Waals surface area (Å²) in [6.45, 7) is 6.81. The molecule has 4 rings (SSSR count). The summed E-state index contributed by atoms with van der Waals surface area (Å²) in [4.78, 5) is 12.5. The first kappa shape index (κ1) is 21.9. The predicted octanol–water partition coefficient (Wildman–Crippen LogP) is 7.69. The van der Waals surface area contributed by atoms with E-state index in [-0.39, 0.29) is 12.1 Å². The Bertz CT molecular complexity index is 707. The monoisotopic (exact) mass is 410 g/mol. The standard InChI is InChI=1S/C28H42O2/c1-4-6-20-7-9-22(10-8-20)23-13-11-21(12-14-23)19(3)24-15-16-25-17-26(5-2)30-28(29)27(25)18-24/h15-16,18-23,26H,4-14,17H2,1-3H3. The van der Waals surface area contributed by atoms with Gasteiger partial charge in [0.15, 0.2) is 0 Å². The van der Waals surface area contributed by atoms with Gasteiger partial charge in [0.1, 0.15) is 6.10 Å². The molecule has 1 aromatic carbocycles. The highest BCUT2D eigenvalue weighted by atomic mass is 16.5. The Morgan fingerprint density at radius 1 is 0.967 bits per heavy atom. The third-order valence-corrected chi connectivity index (χ3v) is 8.83. The van der Waals surface area contributed by atoms with E-state index in [9.17, 15) is 4.79 Å². The Balaban J connectivity index is 1.32. The van der Waals surface area contributed by atoms with Crippen molar-refractivity contribution >= 4 is 5.97 Å². The molecular formula is C28H42O2. The van der Waals surface area contributed by atoms with Gasteiger partial charge in [-0.15, -0.1) is 0 Å². The Labute approximate surface area is 184 Å². The molecule has 0 spiro atoms. The molecule has 0 aromatic heterocycles. The van der Waals surface area contributed by atoms with Crippen LogP contribution in [-0.4, -0.2) is 12.1 Å². The van der Waals surface area contributed by atoms with Gasteiger partial charge in [-0.05, 0) is 91.7 Å². The minimum Gasteiger partial charge on any atom is -0.458 e. The van der Waals surface area contributed by atoms with Crippen LogP contribution < -0.4 is 0 Å². The van der Waals surface area contributed by atoms with Gasteiger partial charge in [0.25, 0.3) is 0 Å². The summed E-state index contributed by atoms with van der Waals surface area (Å²) in [5.74, 6) is 4.18. The van der Waals surface area contributed by atoms with Crippen molar-refractivity contribution < 1.29 is 9.53 Å². The molecule has 0 N–H and O–H groups in total. The van der Waals surface area contributed by atoms with Gasteiger partial charge in [0.2, 0.25) is 0 Å². The highest BCUT2D eigenvalue weighted by Gasteiger charge is 2.33. The summed E-state index contributed by atoms with van der Waals surface area (Å²) >= 11 is 0. The molecule has 1 aliphatic heterocycles. The molecule has 2 atom stereocenters. The molecule has 0 radical (unpaired) electrons. The lowest BCUT2D eigenvalue weighted by atomic mass is 9.66. The van der Waals surface area contributed by atoms with Crippen LogP contribution in [0.4, 0.5) is 0 Å². The number of carbonyl (C=O) groups is 1. The molecule has 0 amide bonds. The lowest BCUT2D eigenvalue weighted by Gasteiger charge is -2.39. The minimum absolute atomic E-state index is 0.0561. The fraction of sp³-hybridized carbons (Fsp3) is 0.750. The second kappa shape index (κ2) is 9.88. The number of hydrogen-bond acceptors (Lipinski definition) is 2. The first-order chi connectivity index (χ1) is 14.6. The van der Waals surface area contributed by atoms with Gasteiger partial charge in [0, 0.05) is 6.42 Å². The summed E-state index contributed by atoms with van der Waals surface area (Å²) < 4.78 is 5.61. The first-order valence-electron chi connectivity index (χ1n) is 12.9. The number of hydrogen-bond donors (Lipinski definition) is 0. The second-order valence-corrected chi connectivity index (χ2v) is 10.6. The van der Waals surface area contributed by atoms with Gasteiger partial charge in [-0.3, -0.25) is 0 Å². The molecule has 3 aliphatic rings. The van der Waals surface area contributed by atoms with Crippen LogP contribution in [0.5, 0.6) is 0 Å². The van der Waals surface area contributed by atoms with Crippen LogP contribution in [0.25, 0.3) is 0 Å². The normalized spacial score (nSPS) is 32.9. The molecule has 1 heterocycles. The molecule has 0 bridgehead atoms. The topological polar surface area (TPSA) is 26.3 Å². The van der Waals surface area contributed by atoms with Crippen molar-refractivity contribution in [1.82, 2.24) is 0 Å². The van der Waals surface area contributed by atoms with Crippen LogP contribution in [0.2, 0.25) is 0 Å². The third-order valence-electron chi connectivity index (χ3n) is 8.83. The molecule has 0 saturated heterocycles. The van der Waals surface area contributed by atoms with Gasteiger partial charge >= 0.3 is 5.97 Å². The maximum Gasteiger partial charge on any atom is 0.338 e. The van der Waals surface area contributed by atoms with Crippen LogP contribution in [0.15, 0.2) is 18.2 Å². The number of ether oxygens (including phenoxy) is 1. The maximum absolute atomic E-state index is 12.5. The van der Waals surface area contributed by atoms with Gasteiger partial charge in [-0.25, -0.2) is 4.79 Å². The van der Waals surface area contributed by atoms with E-state index in [1.54, 1.807) is 0 Å². The molecule has 2 heteroatoms. The Morgan fingerprint density at radius 2 is 1.63 bits per heavy atom. The lowest BCUT2D eigenvalue weighted by Crippen LogP contribution is -2.28. The maximum atomic E-state index is 12.5. The van der Waals surface area contributed by atoms with Crippen molar-refractivity contribution in [2.75, 3.05) is 0 Å². The summed E-state index contributed by atoms with van der Waals surface area (Å²) in [5.41, 5.74) is 3.34. The molecule has 2 saturated carbocycles. The third kappa shape index (κ3) is 4.78. The van der Waals surface area contributed by atoms with Gasteiger partial charge in [-0.2, -0.15) is 0 Å². The van der Waals surface area contributed by atoms with E-state index in [2.05, 4.69) is 39.0 Å². The molecule has 2 unspecified atom stereocenters. The van der Waals surface area contributed by atoms with E-state index < -0.39 is 0 Å². The summed E-state index contributed by atoms with van der Waals surface area (Å²) in [7, 11) is 0. The Hall–Kier alpha value is -1.31. The quantitative estimate of drug-likeness (QED) is 0.449. The van der Waals surface area contributed by atoms with E-state index in [4.69, 9.17) is 4.74 Å². The fourth-order valence-electron chi connectivity index (χ4n) is 6.72. The average Bonchev–Trinajstić information content (AvgIpc) is 2.79. The van der Waals surface area contributed by atoms with Crippen molar-refractivity contribution in [3.63, 3.8) is 0 Å². The SMILES string of the molecule is CCCC1CCC(C2CCC(C(C)c3ccc4c(c3)C(=O)OC(CC)C4)CC2)CC1. The average molecular weight is 411 g/mol. The Kier molecular flexibility index (Phi) is 7.21. The zero-order valence-corrected chi connectivity index (χ0v) is 19.5. The van der Waals surface area contributed by atoms with Crippen LogP contribution in [-0.2, 0) is 11.2 Å². The summed E-state index contributed by atoms with van der Waals surface area (Å²) in [5, 5.41) is 0. The highest BCUT2D eigenvalue weighted by Crippen LogP contribution is 2.45. The number of fused-ring (bicyclic) bond motifs is 1. The molecule has 2 aliphatic carbocycles. The number of esters is 1. The largest absolute Gasteiger partial charge is 0.458 e. The summed E-state index contributed by atoms with van der Waals surface area (Å²) in [6, 6.07) is 6.63. The van der Waals surface area contributed by atoms with Crippen LogP contribution in [0, 0.1) is 23.7 Å². The molecular weight excluding hydrogens is 368 g/mol. The van der Waals surface area contributed by atoms with Gasteiger partial charge in [-0.1, -0.05) is 58.6 Å². The van der Waals surface area contributed by atoms with E-state index >= 15 is 0 Å². The number of rotatable bonds is 6. The van der Waals surface area contributed by atoms with Crippen molar-refractivity contribution in [3.05, 3.63) is 34.9 Å². The lowest BCUT2D eigenvalue weighted by molar-refractivity contribution is 0.0249. The minimum atomic E-state index is -0.112. The molecule has 30 heavy (non-hydrogen) atoms. The molecule has 166 valence electrons.